The summed E-state index contributed by atoms with van der Waals surface area (Å²) in [5.74, 6) is -1.10. The van der Waals surface area contributed by atoms with Crippen LogP contribution in [0.4, 0.5) is 10.5 Å². The molecule has 0 radical (unpaired) electrons. The monoisotopic (exact) mass is 350 g/mol. The standard InChI is InChI=1S/C18H26N2O3S/c1-12-11-14(24-18(2,3)4)5-6-15(12)19-17(23)20-9-7-13(8-10-20)16(21)22/h5-6,11,13H,7-10H2,1-4H3,(H,19,23)(H,21,22). The molecule has 2 rings (SSSR count). The van der Waals surface area contributed by atoms with Crippen LogP contribution < -0.4 is 5.32 Å². The highest BCUT2D eigenvalue weighted by atomic mass is 32.2. The molecule has 0 saturated carbocycles. The van der Waals surface area contributed by atoms with Crippen LogP contribution in [-0.2, 0) is 4.79 Å². The number of likely N-dealkylation sites (tertiary alicyclic amines) is 1. The molecule has 5 nitrogen and oxygen atoms in total. The smallest absolute Gasteiger partial charge is 0.321 e. The first-order chi connectivity index (χ1) is 11.2. The van der Waals surface area contributed by atoms with Crippen LogP contribution in [0.1, 0.15) is 39.2 Å². The number of hydrogen-bond acceptors (Lipinski definition) is 3. The Hall–Kier alpha value is -1.69. The van der Waals surface area contributed by atoms with Gasteiger partial charge in [0.1, 0.15) is 0 Å². The number of benzene rings is 1. The lowest BCUT2D eigenvalue weighted by atomic mass is 9.97. The molecule has 1 aromatic carbocycles. The maximum absolute atomic E-state index is 12.4. The second-order valence-corrected chi connectivity index (χ2v) is 9.12. The van der Waals surface area contributed by atoms with Gasteiger partial charge in [0.2, 0.25) is 0 Å². The van der Waals surface area contributed by atoms with Gasteiger partial charge in [-0.25, -0.2) is 4.79 Å². The molecule has 2 amide bonds. The van der Waals surface area contributed by atoms with Gasteiger partial charge in [0.15, 0.2) is 0 Å². The van der Waals surface area contributed by atoms with Crippen LogP contribution in [0, 0.1) is 12.8 Å². The highest BCUT2D eigenvalue weighted by molar-refractivity contribution is 8.00. The number of carbonyl (C=O) groups excluding carboxylic acids is 1. The van der Waals surface area contributed by atoms with E-state index >= 15 is 0 Å². The highest BCUT2D eigenvalue weighted by Gasteiger charge is 2.27. The Labute approximate surface area is 147 Å². The number of thioether (sulfide) groups is 1. The Morgan fingerprint density at radius 1 is 1.25 bits per heavy atom. The number of carbonyl (C=O) groups is 2. The van der Waals surface area contributed by atoms with Gasteiger partial charge in [0.05, 0.1) is 5.92 Å². The topological polar surface area (TPSA) is 69.6 Å². The first-order valence-electron chi connectivity index (χ1n) is 8.24. The van der Waals surface area contributed by atoms with E-state index in [4.69, 9.17) is 5.11 Å². The summed E-state index contributed by atoms with van der Waals surface area (Å²) in [6.07, 6.45) is 1.03. The van der Waals surface area contributed by atoms with E-state index in [0.717, 1.165) is 11.3 Å². The zero-order valence-corrected chi connectivity index (χ0v) is 15.6. The largest absolute Gasteiger partial charge is 0.481 e. The van der Waals surface area contributed by atoms with Gasteiger partial charge in [0, 0.05) is 28.4 Å². The van der Waals surface area contributed by atoms with Gasteiger partial charge in [-0.05, 0) is 43.5 Å². The zero-order valence-electron chi connectivity index (χ0n) is 14.8. The number of amides is 2. The van der Waals surface area contributed by atoms with E-state index in [1.54, 1.807) is 16.7 Å². The molecule has 1 aliphatic rings. The molecule has 6 heteroatoms. The summed E-state index contributed by atoms with van der Waals surface area (Å²) in [7, 11) is 0. The van der Waals surface area contributed by atoms with Crippen molar-refractivity contribution in [2.24, 2.45) is 5.92 Å². The van der Waals surface area contributed by atoms with E-state index in [9.17, 15) is 9.59 Å². The molecule has 2 N–H and O–H groups in total. The molecular weight excluding hydrogens is 324 g/mol. The lowest BCUT2D eigenvalue weighted by molar-refractivity contribution is -0.143. The first-order valence-corrected chi connectivity index (χ1v) is 9.06. The van der Waals surface area contributed by atoms with Gasteiger partial charge in [-0.3, -0.25) is 4.79 Å². The van der Waals surface area contributed by atoms with Crippen LogP contribution in [0.5, 0.6) is 0 Å². The molecule has 0 aromatic heterocycles. The maximum atomic E-state index is 12.4. The van der Waals surface area contributed by atoms with Crippen molar-refractivity contribution in [2.75, 3.05) is 18.4 Å². The van der Waals surface area contributed by atoms with Gasteiger partial charge in [-0.1, -0.05) is 20.8 Å². The van der Waals surface area contributed by atoms with Gasteiger partial charge in [-0.15, -0.1) is 11.8 Å². The van der Waals surface area contributed by atoms with Crippen LogP contribution in [0.15, 0.2) is 23.1 Å². The van der Waals surface area contributed by atoms with Crippen molar-refractivity contribution in [2.45, 2.75) is 50.2 Å². The molecule has 0 spiro atoms. The minimum absolute atomic E-state index is 0.145. The lowest BCUT2D eigenvalue weighted by Crippen LogP contribution is -2.42. The second kappa shape index (κ2) is 7.47. The third-order valence-electron chi connectivity index (χ3n) is 3.99. The number of aryl methyl sites for hydroxylation is 1. The fourth-order valence-electron chi connectivity index (χ4n) is 2.72. The number of hydrogen-bond donors (Lipinski definition) is 2. The Morgan fingerprint density at radius 2 is 1.88 bits per heavy atom. The van der Waals surface area contributed by atoms with Crippen LogP contribution in [0.3, 0.4) is 0 Å². The van der Waals surface area contributed by atoms with Gasteiger partial charge in [-0.2, -0.15) is 0 Å². The summed E-state index contributed by atoms with van der Waals surface area (Å²) < 4.78 is 0.145. The molecule has 1 aliphatic heterocycles. The summed E-state index contributed by atoms with van der Waals surface area (Å²) in [6.45, 7) is 9.47. The summed E-state index contributed by atoms with van der Waals surface area (Å²) in [4.78, 5) is 26.2. The fourth-order valence-corrected chi connectivity index (χ4v) is 3.80. The predicted octanol–water partition coefficient (Wildman–Crippen LogP) is 4.21. The van der Waals surface area contributed by atoms with Crippen molar-refractivity contribution < 1.29 is 14.7 Å². The third-order valence-corrected chi connectivity index (χ3v) is 5.10. The summed E-state index contributed by atoms with van der Waals surface area (Å²) in [5.41, 5.74) is 1.83. The summed E-state index contributed by atoms with van der Waals surface area (Å²) in [6, 6.07) is 5.89. The molecule has 0 unspecified atom stereocenters. The number of aliphatic carboxylic acids is 1. The van der Waals surface area contributed by atoms with Crippen molar-refractivity contribution in [3.63, 3.8) is 0 Å². The quantitative estimate of drug-likeness (QED) is 0.801. The molecule has 0 atom stereocenters. The average molecular weight is 350 g/mol. The number of anilines is 1. The Bertz CT molecular complexity index is 617. The molecular formula is C18H26N2O3S. The second-order valence-electron chi connectivity index (χ2n) is 7.22. The molecule has 0 bridgehead atoms. The number of carboxylic acids is 1. The minimum atomic E-state index is -0.766. The Morgan fingerprint density at radius 3 is 2.38 bits per heavy atom. The van der Waals surface area contributed by atoms with Crippen molar-refractivity contribution in [3.05, 3.63) is 23.8 Å². The molecule has 1 saturated heterocycles. The van der Waals surface area contributed by atoms with Gasteiger partial charge >= 0.3 is 12.0 Å². The molecule has 1 aromatic rings. The van der Waals surface area contributed by atoms with Crippen LogP contribution in [-0.4, -0.2) is 39.8 Å². The number of urea groups is 1. The zero-order chi connectivity index (χ0) is 17.9. The van der Waals surface area contributed by atoms with E-state index in [2.05, 4.69) is 32.2 Å². The minimum Gasteiger partial charge on any atom is -0.481 e. The fraction of sp³-hybridized carbons (Fsp3) is 0.556. The average Bonchev–Trinajstić information content (AvgIpc) is 2.48. The molecule has 132 valence electrons. The summed E-state index contributed by atoms with van der Waals surface area (Å²) >= 11 is 1.79. The number of rotatable bonds is 3. The molecule has 1 fully saturated rings. The first kappa shape index (κ1) is 18.6. The van der Waals surface area contributed by atoms with E-state index in [-0.39, 0.29) is 16.7 Å². The number of piperidine rings is 1. The predicted molar refractivity (Wildman–Crippen MR) is 97.7 cm³/mol. The highest BCUT2D eigenvalue weighted by Crippen LogP contribution is 2.33. The van der Waals surface area contributed by atoms with Crippen molar-refractivity contribution in [1.29, 1.82) is 0 Å². The van der Waals surface area contributed by atoms with Crippen molar-refractivity contribution in [1.82, 2.24) is 4.90 Å². The van der Waals surface area contributed by atoms with E-state index < -0.39 is 5.97 Å². The molecule has 24 heavy (non-hydrogen) atoms. The van der Waals surface area contributed by atoms with Crippen molar-refractivity contribution in [3.8, 4) is 0 Å². The third kappa shape index (κ3) is 5.16. The van der Waals surface area contributed by atoms with Gasteiger partial charge in [0.25, 0.3) is 0 Å². The molecule has 1 heterocycles. The van der Waals surface area contributed by atoms with E-state index in [1.807, 2.05) is 19.1 Å². The van der Waals surface area contributed by atoms with E-state index in [0.29, 0.717) is 25.9 Å². The summed E-state index contributed by atoms with van der Waals surface area (Å²) in [5, 5.41) is 12.0. The lowest BCUT2D eigenvalue weighted by Gasteiger charge is -2.30. The van der Waals surface area contributed by atoms with E-state index in [1.165, 1.54) is 4.90 Å². The number of nitrogens with zero attached hydrogens (tertiary/aromatic N) is 1. The van der Waals surface area contributed by atoms with Crippen LogP contribution in [0.2, 0.25) is 0 Å². The maximum Gasteiger partial charge on any atom is 0.321 e. The SMILES string of the molecule is Cc1cc(SC(C)(C)C)ccc1NC(=O)N1CCC(C(=O)O)CC1. The Balaban J connectivity index is 1.96. The normalized spacial score (nSPS) is 16.1. The molecule has 0 aliphatic carbocycles. The number of carboxylic acid groups (broad SMARTS) is 1. The van der Waals surface area contributed by atoms with Gasteiger partial charge < -0.3 is 15.3 Å². The van der Waals surface area contributed by atoms with Crippen LogP contribution >= 0.6 is 11.8 Å². The van der Waals surface area contributed by atoms with Crippen molar-refractivity contribution >= 4 is 29.4 Å². The van der Waals surface area contributed by atoms with Crippen LogP contribution in [0.25, 0.3) is 0 Å². The Kier molecular flexibility index (Phi) is 5.80. The number of nitrogens with one attached hydrogen (secondary N) is 1.